The SMILES string of the molecule is Clc1ccc(CNC[C@@H]2CN(Cc3ccccc3)C[C@@H]2c2ccc(Cl)c(Cl)c2)nc1. The van der Waals surface area contributed by atoms with Gasteiger partial charge in [0.15, 0.2) is 0 Å². The van der Waals surface area contributed by atoms with Gasteiger partial charge in [0.25, 0.3) is 0 Å². The number of rotatable bonds is 7. The van der Waals surface area contributed by atoms with Crippen LogP contribution in [0.3, 0.4) is 0 Å². The summed E-state index contributed by atoms with van der Waals surface area (Å²) in [6.07, 6.45) is 1.69. The molecule has 6 heteroatoms. The van der Waals surface area contributed by atoms with Crippen molar-refractivity contribution in [3.05, 3.63) is 98.7 Å². The van der Waals surface area contributed by atoms with E-state index >= 15 is 0 Å². The molecule has 3 aromatic rings. The van der Waals surface area contributed by atoms with Gasteiger partial charge in [0.1, 0.15) is 0 Å². The van der Waals surface area contributed by atoms with Gasteiger partial charge in [-0.15, -0.1) is 0 Å². The monoisotopic (exact) mass is 459 g/mol. The highest BCUT2D eigenvalue weighted by atomic mass is 35.5. The molecule has 0 unspecified atom stereocenters. The Bertz CT molecular complexity index is 963. The molecular weight excluding hydrogens is 437 g/mol. The number of nitrogens with zero attached hydrogens (tertiary/aromatic N) is 2. The van der Waals surface area contributed by atoms with E-state index in [2.05, 4.69) is 51.6 Å². The van der Waals surface area contributed by atoms with Crippen molar-refractivity contribution in [1.82, 2.24) is 15.2 Å². The number of hydrogen-bond acceptors (Lipinski definition) is 3. The summed E-state index contributed by atoms with van der Waals surface area (Å²) in [4.78, 5) is 6.90. The van der Waals surface area contributed by atoms with Crippen molar-refractivity contribution in [3.8, 4) is 0 Å². The molecule has 3 nitrogen and oxygen atoms in total. The Balaban J connectivity index is 1.45. The zero-order valence-electron chi connectivity index (χ0n) is 16.6. The fourth-order valence-corrected chi connectivity index (χ4v) is 4.57. The molecule has 0 amide bonds. The van der Waals surface area contributed by atoms with E-state index in [1.165, 1.54) is 11.1 Å². The number of pyridine rings is 1. The van der Waals surface area contributed by atoms with Crippen molar-refractivity contribution in [2.45, 2.75) is 19.0 Å². The van der Waals surface area contributed by atoms with Crippen LogP contribution < -0.4 is 5.32 Å². The minimum absolute atomic E-state index is 0.397. The summed E-state index contributed by atoms with van der Waals surface area (Å²) in [5.41, 5.74) is 3.57. The molecule has 1 N–H and O–H groups in total. The molecule has 30 heavy (non-hydrogen) atoms. The summed E-state index contributed by atoms with van der Waals surface area (Å²) >= 11 is 18.4. The van der Waals surface area contributed by atoms with E-state index in [0.717, 1.165) is 38.4 Å². The van der Waals surface area contributed by atoms with Crippen LogP contribution in [0.4, 0.5) is 0 Å². The molecule has 2 atom stereocenters. The van der Waals surface area contributed by atoms with Gasteiger partial charge in [-0.2, -0.15) is 0 Å². The predicted molar refractivity (Wildman–Crippen MR) is 125 cm³/mol. The maximum Gasteiger partial charge on any atom is 0.0595 e. The first-order valence-corrected chi connectivity index (χ1v) is 11.2. The first kappa shape index (κ1) is 21.6. The Labute approximate surface area is 193 Å². The molecule has 2 heterocycles. The first-order chi connectivity index (χ1) is 14.6. The normalized spacial score (nSPS) is 19.3. The van der Waals surface area contributed by atoms with E-state index in [1.807, 2.05) is 24.3 Å². The maximum absolute atomic E-state index is 6.32. The van der Waals surface area contributed by atoms with Gasteiger partial charge in [0.2, 0.25) is 0 Å². The van der Waals surface area contributed by atoms with Gasteiger partial charge in [0.05, 0.1) is 20.8 Å². The Morgan fingerprint density at radius 1 is 0.933 bits per heavy atom. The molecular formula is C24H24Cl3N3. The molecule has 0 bridgehead atoms. The number of nitrogens with one attached hydrogen (secondary N) is 1. The van der Waals surface area contributed by atoms with Crippen molar-refractivity contribution < 1.29 is 0 Å². The van der Waals surface area contributed by atoms with Crippen molar-refractivity contribution in [2.24, 2.45) is 5.92 Å². The molecule has 1 saturated heterocycles. The lowest BCUT2D eigenvalue weighted by atomic mass is 9.89. The molecule has 1 aliphatic heterocycles. The Morgan fingerprint density at radius 3 is 2.50 bits per heavy atom. The van der Waals surface area contributed by atoms with Crippen molar-refractivity contribution >= 4 is 34.8 Å². The Morgan fingerprint density at radius 2 is 1.77 bits per heavy atom. The van der Waals surface area contributed by atoms with Gasteiger partial charge < -0.3 is 5.32 Å². The molecule has 1 aliphatic rings. The molecule has 4 rings (SSSR count). The van der Waals surface area contributed by atoms with Crippen LogP contribution in [0.25, 0.3) is 0 Å². The standard InChI is InChI=1S/C24H24Cl3N3/c25-20-7-8-21(29-12-20)13-28-11-19-15-30(14-17-4-2-1-3-5-17)16-22(19)18-6-9-23(26)24(27)10-18/h1-10,12,19,22,28H,11,13-16H2/t19-,22-/m1/s1. The first-order valence-electron chi connectivity index (χ1n) is 10.1. The van der Waals surface area contributed by atoms with Crippen LogP contribution in [0.2, 0.25) is 15.1 Å². The minimum atomic E-state index is 0.397. The highest BCUT2D eigenvalue weighted by molar-refractivity contribution is 6.42. The zero-order valence-corrected chi connectivity index (χ0v) is 18.8. The van der Waals surface area contributed by atoms with E-state index in [1.54, 1.807) is 6.20 Å². The summed E-state index contributed by atoms with van der Waals surface area (Å²) in [6, 6.07) is 20.5. The van der Waals surface area contributed by atoms with E-state index in [-0.39, 0.29) is 0 Å². The second kappa shape index (κ2) is 10.1. The summed E-state index contributed by atoms with van der Waals surface area (Å²) in [6.45, 7) is 4.61. The number of hydrogen-bond donors (Lipinski definition) is 1. The maximum atomic E-state index is 6.32. The predicted octanol–water partition coefficient (Wildman–Crippen LogP) is 6.05. The Hall–Kier alpha value is -1.62. The van der Waals surface area contributed by atoms with Crippen LogP contribution in [0.15, 0.2) is 66.9 Å². The molecule has 0 spiro atoms. The highest BCUT2D eigenvalue weighted by Gasteiger charge is 2.33. The van der Waals surface area contributed by atoms with Gasteiger partial charge in [-0.05, 0) is 41.3 Å². The van der Waals surface area contributed by atoms with Crippen molar-refractivity contribution in [1.29, 1.82) is 0 Å². The average Bonchev–Trinajstić information content (AvgIpc) is 3.15. The van der Waals surface area contributed by atoms with Gasteiger partial charge in [-0.1, -0.05) is 71.2 Å². The smallest absolute Gasteiger partial charge is 0.0595 e. The molecule has 1 fully saturated rings. The van der Waals surface area contributed by atoms with Crippen LogP contribution in [-0.4, -0.2) is 29.5 Å². The van der Waals surface area contributed by atoms with E-state index in [0.29, 0.717) is 26.9 Å². The number of halogens is 3. The van der Waals surface area contributed by atoms with E-state index in [4.69, 9.17) is 34.8 Å². The summed E-state index contributed by atoms with van der Waals surface area (Å²) < 4.78 is 0. The number of benzene rings is 2. The quantitative estimate of drug-likeness (QED) is 0.465. The second-order valence-corrected chi connectivity index (χ2v) is 9.07. The highest BCUT2D eigenvalue weighted by Crippen LogP contribution is 2.36. The van der Waals surface area contributed by atoms with Crippen LogP contribution in [0.1, 0.15) is 22.7 Å². The Kier molecular flexibility index (Phi) is 7.29. The molecule has 0 aliphatic carbocycles. The summed E-state index contributed by atoms with van der Waals surface area (Å²) in [7, 11) is 0. The summed E-state index contributed by atoms with van der Waals surface area (Å²) in [5, 5.41) is 5.46. The topological polar surface area (TPSA) is 28.2 Å². The minimum Gasteiger partial charge on any atom is -0.311 e. The van der Waals surface area contributed by atoms with Gasteiger partial charge in [-0.25, -0.2) is 0 Å². The number of likely N-dealkylation sites (tertiary alicyclic amines) is 1. The van der Waals surface area contributed by atoms with Gasteiger partial charge in [0, 0.05) is 44.8 Å². The van der Waals surface area contributed by atoms with Crippen LogP contribution >= 0.6 is 34.8 Å². The summed E-state index contributed by atoms with van der Waals surface area (Å²) in [5.74, 6) is 0.868. The molecule has 0 saturated carbocycles. The lowest BCUT2D eigenvalue weighted by Gasteiger charge is -2.20. The third kappa shape index (κ3) is 5.54. The molecule has 1 aromatic heterocycles. The van der Waals surface area contributed by atoms with Crippen LogP contribution in [0.5, 0.6) is 0 Å². The van der Waals surface area contributed by atoms with E-state index < -0.39 is 0 Å². The number of aromatic nitrogens is 1. The fourth-order valence-electron chi connectivity index (χ4n) is 4.16. The molecule has 0 radical (unpaired) electrons. The van der Waals surface area contributed by atoms with Crippen molar-refractivity contribution in [2.75, 3.05) is 19.6 Å². The molecule has 156 valence electrons. The second-order valence-electron chi connectivity index (χ2n) is 7.82. The van der Waals surface area contributed by atoms with Crippen LogP contribution in [-0.2, 0) is 13.1 Å². The lowest BCUT2D eigenvalue weighted by molar-refractivity contribution is 0.313. The molecule has 2 aromatic carbocycles. The van der Waals surface area contributed by atoms with Gasteiger partial charge >= 0.3 is 0 Å². The van der Waals surface area contributed by atoms with Crippen LogP contribution in [0, 0.1) is 5.92 Å². The van der Waals surface area contributed by atoms with Crippen molar-refractivity contribution in [3.63, 3.8) is 0 Å². The average molecular weight is 461 g/mol. The lowest BCUT2D eigenvalue weighted by Crippen LogP contribution is -2.27. The third-order valence-corrected chi connectivity index (χ3v) is 6.60. The van der Waals surface area contributed by atoms with Gasteiger partial charge in [-0.3, -0.25) is 9.88 Å². The fraction of sp³-hybridized carbons (Fsp3) is 0.292. The van der Waals surface area contributed by atoms with E-state index in [9.17, 15) is 0 Å². The third-order valence-electron chi connectivity index (χ3n) is 5.64. The largest absolute Gasteiger partial charge is 0.311 e. The zero-order chi connectivity index (χ0) is 20.9.